The third kappa shape index (κ3) is 3.03. The molecule has 1 aromatic heterocycles. The average molecular weight is 277 g/mol. The van der Waals surface area contributed by atoms with Crippen molar-refractivity contribution >= 4 is 5.82 Å². The van der Waals surface area contributed by atoms with Gasteiger partial charge in [-0.15, -0.1) is 0 Å². The van der Waals surface area contributed by atoms with Crippen molar-refractivity contribution in [2.24, 2.45) is 0 Å². The number of anilines is 1. The second-order valence-electron chi connectivity index (χ2n) is 6.21. The van der Waals surface area contributed by atoms with Gasteiger partial charge in [-0.2, -0.15) is 0 Å². The zero-order valence-corrected chi connectivity index (χ0v) is 11.8. The van der Waals surface area contributed by atoms with Crippen LogP contribution in [0.1, 0.15) is 57.4 Å². The number of aromatic nitrogens is 2. The highest BCUT2D eigenvalue weighted by molar-refractivity contribution is 5.32. The molecular formula is C15H23N3O2. The molecular weight excluding hydrogens is 254 g/mol. The molecule has 3 rings (SSSR count). The third-order valence-electron chi connectivity index (χ3n) is 4.43. The van der Waals surface area contributed by atoms with Gasteiger partial charge in [-0.3, -0.25) is 4.79 Å². The van der Waals surface area contributed by atoms with Crippen LogP contribution in [0.3, 0.4) is 0 Å². The smallest absolute Gasteiger partial charge is 0.293 e. The van der Waals surface area contributed by atoms with Gasteiger partial charge < -0.3 is 15.0 Å². The molecule has 5 nitrogen and oxygen atoms in total. The van der Waals surface area contributed by atoms with Gasteiger partial charge in [0.25, 0.3) is 5.56 Å². The van der Waals surface area contributed by atoms with Gasteiger partial charge in [-0.05, 0) is 25.7 Å². The lowest BCUT2D eigenvalue weighted by Gasteiger charge is -2.26. The largest absolute Gasteiger partial charge is 0.388 e. The summed E-state index contributed by atoms with van der Waals surface area (Å²) >= 11 is 0. The minimum absolute atomic E-state index is 0.0628. The number of hydrogen-bond acceptors (Lipinski definition) is 4. The van der Waals surface area contributed by atoms with Crippen LogP contribution in [0, 0.1) is 0 Å². The Bertz CT molecular complexity index is 514. The normalized spacial score (nSPS) is 22.2. The fourth-order valence-corrected chi connectivity index (χ4v) is 3.00. The molecule has 1 aromatic rings. The fourth-order valence-electron chi connectivity index (χ4n) is 3.00. The van der Waals surface area contributed by atoms with Crippen molar-refractivity contribution in [2.75, 3.05) is 11.9 Å². The Morgan fingerprint density at radius 2 is 2.00 bits per heavy atom. The van der Waals surface area contributed by atoms with E-state index < -0.39 is 5.60 Å². The quantitative estimate of drug-likeness (QED) is 0.827. The Kier molecular flexibility index (Phi) is 3.78. The average Bonchev–Trinajstić information content (AvgIpc) is 3.26. The Morgan fingerprint density at radius 3 is 2.65 bits per heavy atom. The third-order valence-corrected chi connectivity index (χ3v) is 4.43. The van der Waals surface area contributed by atoms with Crippen molar-refractivity contribution in [3.8, 4) is 0 Å². The van der Waals surface area contributed by atoms with Crippen LogP contribution < -0.4 is 10.9 Å². The second-order valence-corrected chi connectivity index (χ2v) is 6.21. The first-order chi connectivity index (χ1) is 9.68. The molecule has 0 spiro atoms. The minimum atomic E-state index is -0.690. The number of nitrogens with zero attached hydrogens (tertiary/aromatic N) is 2. The van der Waals surface area contributed by atoms with Crippen LogP contribution in [0.15, 0.2) is 17.2 Å². The summed E-state index contributed by atoms with van der Waals surface area (Å²) in [5.41, 5.74) is -0.752. The number of nitrogens with one attached hydrogen (secondary N) is 1. The van der Waals surface area contributed by atoms with Crippen molar-refractivity contribution < 1.29 is 5.11 Å². The summed E-state index contributed by atoms with van der Waals surface area (Å²) in [7, 11) is 0. The van der Waals surface area contributed by atoms with E-state index in [4.69, 9.17) is 0 Å². The molecule has 0 atom stereocenters. The van der Waals surface area contributed by atoms with E-state index in [0.717, 1.165) is 38.5 Å². The first-order valence-corrected chi connectivity index (χ1v) is 7.71. The van der Waals surface area contributed by atoms with Gasteiger partial charge >= 0.3 is 0 Å². The molecule has 0 aromatic carbocycles. The van der Waals surface area contributed by atoms with Crippen LogP contribution in [0.2, 0.25) is 0 Å². The van der Waals surface area contributed by atoms with Gasteiger partial charge in [0.05, 0.1) is 5.60 Å². The van der Waals surface area contributed by atoms with Crippen LogP contribution in [0.5, 0.6) is 0 Å². The Morgan fingerprint density at radius 1 is 1.30 bits per heavy atom. The molecule has 110 valence electrons. The molecule has 2 saturated carbocycles. The topological polar surface area (TPSA) is 67.2 Å². The zero-order valence-electron chi connectivity index (χ0n) is 11.8. The van der Waals surface area contributed by atoms with E-state index in [9.17, 15) is 9.90 Å². The van der Waals surface area contributed by atoms with Crippen LogP contribution in [0.25, 0.3) is 0 Å². The van der Waals surface area contributed by atoms with Gasteiger partial charge in [-0.25, -0.2) is 4.98 Å². The summed E-state index contributed by atoms with van der Waals surface area (Å²) in [6, 6.07) is 0.354. The zero-order chi connectivity index (χ0) is 14.0. The molecule has 5 heteroatoms. The molecule has 0 amide bonds. The van der Waals surface area contributed by atoms with Crippen LogP contribution in [-0.4, -0.2) is 26.8 Å². The number of rotatable bonds is 4. The van der Waals surface area contributed by atoms with Crippen molar-refractivity contribution in [3.05, 3.63) is 22.7 Å². The molecule has 2 fully saturated rings. The molecule has 2 aliphatic rings. The van der Waals surface area contributed by atoms with Gasteiger partial charge in [-0.1, -0.05) is 25.7 Å². The van der Waals surface area contributed by atoms with E-state index >= 15 is 0 Å². The maximum absolute atomic E-state index is 12.3. The van der Waals surface area contributed by atoms with Gasteiger partial charge in [0, 0.05) is 25.0 Å². The van der Waals surface area contributed by atoms with E-state index in [1.807, 2.05) is 0 Å². The minimum Gasteiger partial charge on any atom is -0.388 e. The summed E-state index contributed by atoms with van der Waals surface area (Å²) in [5.74, 6) is 0.372. The molecule has 0 bridgehead atoms. The van der Waals surface area contributed by atoms with Gasteiger partial charge in [0.15, 0.2) is 5.82 Å². The summed E-state index contributed by atoms with van der Waals surface area (Å²) < 4.78 is 1.76. The van der Waals surface area contributed by atoms with Crippen LogP contribution in [0.4, 0.5) is 5.82 Å². The second kappa shape index (κ2) is 5.56. The predicted octanol–water partition coefficient (Wildman–Crippen LogP) is 2.08. The summed E-state index contributed by atoms with van der Waals surface area (Å²) in [5, 5.41) is 13.7. The first-order valence-electron chi connectivity index (χ1n) is 7.71. The number of hydrogen-bond donors (Lipinski definition) is 2. The standard InChI is InChI=1S/C15H23N3O2/c19-14-13(16-9-10-18(14)12-5-6-12)17-11-15(20)7-3-1-2-4-8-15/h9-10,12,20H,1-8,11H2,(H,16,17). The number of aliphatic hydroxyl groups is 1. The Labute approximate surface area is 119 Å². The Hall–Kier alpha value is -1.36. The molecule has 0 radical (unpaired) electrons. The van der Waals surface area contributed by atoms with Crippen molar-refractivity contribution in [2.45, 2.75) is 63.0 Å². The predicted molar refractivity (Wildman–Crippen MR) is 77.9 cm³/mol. The fraction of sp³-hybridized carbons (Fsp3) is 0.733. The maximum Gasteiger partial charge on any atom is 0.293 e. The summed E-state index contributed by atoms with van der Waals surface area (Å²) in [6.45, 7) is 0.421. The lowest BCUT2D eigenvalue weighted by molar-refractivity contribution is 0.0380. The van der Waals surface area contributed by atoms with Crippen molar-refractivity contribution in [3.63, 3.8) is 0 Å². The molecule has 20 heavy (non-hydrogen) atoms. The lowest BCUT2D eigenvalue weighted by Crippen LogP contribution is -2.38. The molecule has 0 unspecified atom stereocenters. The first kappa shape index (κ1) is 13.6. The SMILES string of the molecule is O=c1c(NCC2(O)CCCCCC2)nccn1C1CC1. The molecule has 2 aliphatic carbocycles. The molecule has 2 N–H and O–H groups in total. The van der Waals surface area contributed by atoms with Crippen LogP contribution in [-0.2, 0) is 0 Å². The van der Waals surface area contributed by atoms with E-state index in [2.05, 4.69) is 10.3 Å². The van der Waals surface area contributed by atoms with E-state index in [-0.39, 0.29) is 5.56 Å². The van der Waals surface area contributed by atoms with E-state index in [0.29, 0.717) is 18.4 Å². The highest BCUT2D eigenvalue weighted by atomic mass is 16.3. The van der Waals surface area contributed by atoms with Crippen LogP contribution >= 0.6 is 0 Å². The van der Waals surface area contributed by atoms with E-state index in [1.54, 1.807) is 17.0 Å². The van der Waals surface area contributed by atoms with Crippen molar-refractivity contribution in [1.82, 2.24) is 9.55 Å². The molecule has 1 heterocycles. The van der Waals surface area contributed by atoms with Gasteiger partial charge in [0.1, 0.15) is 0 Å². The highest BCUT2D eigenvalue weighted by Crippen LogP contribution is 2.33. The van der Waals surface area contributed by atoms with Crippen molar-refractivity contribution in [1.29, 1.82) is 0 Å². The maximum atomic E-state index is 12.3. The molecule has 0 aliphatic heterocycles. The molecule has 0 saturated heterocycles. The lowest BCUT2D eigenvalue weighted by atomic mass is 9.94. The summed E-state index contributed by atoms with van der Waals surface area (Å²) in [6.07, 6.45) is 11.7. The highest BCUT2D eigenvalue weighted by Gasteiger charge is 2.29. The Balaban J connectivity index is 1.68. The monoisotopic (exact) mass is 277 g/mol. The van der Waals surface area contributed by atoms with Gasteiger partial charge in [0.2, 0.25) is 0 Å². The summed E-state index contributed by atoms with van der Waals surface area (Å²) in [4.78, 5) is 16.4. The van der Waals surface area contributed by atoms with E-state index in [1.165, 1.54) is 12.8 Å².